The zero-order valence-corrected chi connectivity index (χ0v) is 8.02. The van der Waals surface area contributed by atoms with Crippen LogP contribution in [0, 0.1) is 0 Å². The van der Waals surface area contributed by atoms with Gasteiger partial charge in [0.15, 0.2) is 0 Å². The van der Waals surface area contributed by atoms with E-state index in [-0.39, 0.29) is 12.4 Å². The van der Waals surface area contributed by atoms with E-state index in [1.165, 1.54) is 0 Å². The summed E-state index contributed by atoms with van der Waals surface area (Å²) in [6.45, 7) is 1.02. The summed E-state index contributed by atoms with van der Waals surface area (Å²) in [4.78, 5) is 0. The van der Waals surface area contributed by atoms with Crippen LogP contribution in [0.3, 0.4) is 0 Å². The average Bonchev–Trinajstić information content (AvgIpc) is 2.31. The molecule has 11 heavy (non-hydrogen) atoms. The van der Waals surface area contributed by atoms with Crippen molar-refractivity contribution in [1.29, 1.82) is 0 Å². The number of aromatic nitrogens is 2. The van der Waals surface area contributed by atoms with E-state index in [1.54, 1.807) is 0 Å². The average molecular weight is 195 g/mol. The molecular formula is C7H12Cl2N2. The van der Waals surface area contributed by atoms with Gasteiger partial charge in [0, 0.05) is 5.88 Å². The third kappa shape index (κ3) is 3.63. The van der Waals surface area contributed by atoms with Gasteiger partial charge in [-0.15, -0.1) is 11.6 Å². The maximum Gasteiger partial charge on any atom is 0.243 e. The van der Waals surface area contributed by atoms with E-state index in [0.29, 0.717) is 0 Å². The normalized spacial score (nSPS) is 9.27. The first-order valence-electron chi connectivity index (χ1n) is 3.40. The predicted molar refractivity (Wildman–Crippen MR) is 40.9 cm³/mol. The second kappa shape index (κ2) is 5.44. The van der Waals surface area contributed by atoms with Gasteiger partial charge in [0.1, 0.15) is 12.4 Å². The van der Waals surface area contributed by atoms with Crippen LogP contribution in [0.4, 0.5) is 0 Å². The highest BCUT2D eigenvalue weighted by Crippen LogP contribution is 1.90. The molecule has 0 amide bonds. The lowest BCUT2D eigenvalue weighted by Gasteiger charge is -1.89. The lowest BCUT2D eigenvalue weighted by atomic mass is 10.5. The van der Waals surface area contributed by atoms with Gasteiger partial charge in [-0.3, -0.25) is 0 Å². The van der Waals surface area contributed by atoms with E-state index in [1.807, 2.05) is 30.3 Å². The van der Waals surface area contributed by atoms with E-state index in [0.717, 1.165) is 18.8 Å². The van der Waals surface area contributed by atoms with Gasteiger partial charge < -0.3 is 12.4 Å². The fourth-order valence-corrected chi connectivity index (χ4v) is 0.996. The minimum atomic E-state index is 0. The molecule has 0 radical (unpaired) electrons. The Morgan fingerprint density at radius 3 is 2.73 bits per heavy atom. The minimum Gasteiger partial charge on any atom is -1.00 e. The molecule has 0 atom stereocenters. The monoisotopic (exact) mass is 194 g/mol. The molecule has 4 heteroatoms. The van der Waals surface area contributed by atoms with Gasteiger partial charge in [0.25, 0.3) is 0 Å². The van der Waals surface area contributed by atoms with Gasteiger partial charge in [-0.05, 0) is 6.42 Å². The van der Waals surface area contributed by atoms with Crippen molar-refractivity contribution < 1.29 is 17.0 Å². The summed E-state index contributed by atoms with van der Waals surface area (Å²) in [5.74, 6) is 0.738. The smallest absolute Gasteiger partial charge is 0.243 e. The highest BCUT2D eigenvalue weighted by atomic mass is 35.5. The SMILES string of the molecule is C[n+]1ccn(CCCCl)c1.[Cl-]. The third-order valence-corrected chi connectivity index (χ3v) is 1.64. The van der Waals surface area contributed by atoms with Crippen LogP contribution in [0.15, 0.2) is 18.7 Å². The Kier molecular flexibility index (Phi) is 5.34. The van der Waals surface area contributed by atoms with Crippen molar-refractivity contribution in [3.63, 3.8) is 0 Å². The van der Waals surface area contributed by atoms with Crippen molar-refractivity contribution in [2.75, 3.05) is 5.88 Å². The molecule has 1 aromatic rings. The largest absolute Gasteiger partial charge is 1.00 e. The van der Waals surface area contributed by atoms with Crippen molar-refractivity contribution in [3.8, 4) is 0 Å². The molecule has 0 aliphatic rings. The maximum absolute atomic E-state index is 5.54. The number of imidazole rings is 1. The predicted octanol–water partition coefficient (Wildman–Crippen LogP) is -2.05. The molecule has 2 nitrogen and oxygen atoms in total. The van der Waals surface area contributed by atoms with Gasteiger partial charge in [0.05, 0.1) is 13.6 Å². The summed E-state index contributed by atoms with van der Waals surface area (Å²) in [6, 6.07) is 0. The molecule has 64 valence electrons. The first-order valence-corrected chi connectivity index (χ1v) is 3.93. The summed E-state index contributed by atoms with van der Waals surface area (Å²) in [5.41, 5.74) is 0. The van der Waals surface area contributed by atoms with Crippen molar-refractivity contribution >= 4 is 11.6 Å². The summed E-state index contributed by atoms with van der Waals surface area (Å²) in [5, 5.41) is 0. The molecule has 0 unspecified atom stereocenters. The topological polar surface area (TPSA) is 8.81 Å². The molecule has 1 heterocycles. The van der Waals surface area contributed by atoms with Crippen LogP contribution >= 0.6 is 11.6 Å². The van der Waals surface area contributed by atoms with Crippen molar-refractivity contribution in [2.45, 2.75) is 13.0 Å². The van der Waals surface area contributed by atoms with Crippen molar-refractivity contribution in [2.24, 2.45) is 7.05 Å². The highest BCUT2D eigenvalue weighted by Gasteiger charge is 1.96. The van der Waals surface area contributed by atoms with Crippen LogP contribution in [-0.2, 0) is 13.6 Å². The van der Waals surface area contributed by atoms with Gasteiger partial charge in [0.2, 0.25) is 6.33 Å². The number of alkyl halides is 1. The highest BCUT2D eigenvalue weighted by molar-refractivity contribution is 6.17. The van der Waals surface area contributed by atoms with Crippen LogP contribution in [-0.4, -0.2) is 10.4 Å². The Morgan fingerprint density at radius 1 is 1.55 bits per heavy atom. The second-order valence-corrected chi connectivity index (χ2v) is 2.74. The first-order chi connectivity index (χ1) is 4.83. The van der Waals surface area contributed by atoms with E-state index in [9.17, 15) is 0 Å². The van der Waals surface area contributed by atoms with Crippen molar-refractivity contribution in [3.05, 3.63) is 18.7 Å². The van der Waals surface area contributed by atoms with E-state index in [2.05, 4.69) is 4.57 Å². The summed E-state index contributed by atoms with van der Waals surface area (Å²) in [6.07, 6.45) is 7.16. The number of hydrogen-bond acceptors (Lipinski definition) is 0. The molecule has 0 bridgehead atoms. The van der Waals surface area contributed by atoms with Crippen LogP contribution in [0.5, 0.6) is 0 Å². The maximum atomic E-state index is 5.54. The first kappa shape index (κ1) is 10.8. The van der Waals surface area contributed by atoms with Crippen LogP contribution in [0.2, 0.25) is 0 Å². The molecular weight excluding hydrogens is 183 g/mol. The van der Waals surface area contributed by atoms with E-state index in [4.69, 9.17) is 11.6 Å². The van der Waals surface area contributed by atoms with E-state index >= 15 is 0 Å². The van der Waals surface area contributed by atoms with Gasteiger partial charge in [-0.1, -0.05) is 0 Å². The lowest BCUT2D eigenvalue weighted by Crippen LogP contribution is -3.00. The molecule has 1 aromatic heterocycles. The molecule has 0 aliphatic carbocycles. The number of halogens is 2. The van der Waals surface area contributed by atoms with Gasteiger partial charge in [-0.25, -0.2) is 9.13 Å². The molecule has 0 saturated heterocycles. The Bertz CT molecular complexity index is 198. The summed E-state index contributed by atoms with van der Waals surface area (Å²) >= 11 is 5.54. The quantitative estimate of drug-likeness (QED) is 0.387. The Hall–Kier alpha value is -0.210. The molecule has 0 N–H and O–H groups in total. The third-order valence-electron chi connectivity index (χ3n) is 1.37. The van der Waals surface area contributed by atoms with E-state index < -0.39 is 0 Å². The number of aryl methyl sites for hydroxylation is 2. The number of nitrogens with zero attached hydrogens (tertiary/aromatic N) is 2. The van der Waals surface area contributed by atoms with Crippen LogP contribution in [0.25, 0.3) is 0 Å². The van der Waals surface area contributed by atoms with Crippen LogP contribution < -0.4 is 17.0 Å². The van der Waals surface area contributed by atoms with Crippen molar-refractivity contribution in [1.82, 2.24) is 4.57 Å². The zero-order chi connectivity index (χ0) is 7.40. The Morgan fingerprint density at radius 2 is 2.27 bits per heavy atom. The Labute approximate surface area is 78.2 Å². The molecule has 1 rings (SSSR count). The van der Waals surface area contributed by atoms with Crippen LogP contribution in [0.1, 0.15) is 6.42 Å². The molecule has 0 saturated carbocycles. The molecule has 0 aliphatic heterocycles. The zero-order valence-electron chi connectivity index (χ0n) is 6.50. The second-order valence-electron chi connectivity index (χ2n) is 2.36. The summed E-state index contributed by atoms with van der Waals surface area (Å²) < 4.78 is 4.15. The Balaban J connectivity index is 0.000001000. The summed E-state index contributed by atoms with van der Waals surface area (Å²) in [7, 11) is 2.01. The van der Waals surface area contributed by atoms with Gasteiger partial charge in [-0.2, -0.15) is 0 Å². The number of rotatable bonds is 3. The minimum absolute atomic E-state index is 0. The fraction of sp³-hybridized carbons (Fsp3) is 0.571. The molecule has 0 spiro atoms. The van der Waals surface area contributed by atoms with Gasteiger partial charge >= 0.3 is 0 Å². The number of hydrogen-bond donors (Lipinski definition) is 0. The fourth-order valence-electron chi connectivity index (χ4n) is 0.876. The molecule has 0 fully saturated rings. The standard InChI is InChI=1S/C7H12ClN2.ClH/c1-9-5-6-10(7-9)4-2-3-8;/h5-7H,2-4H2,1H3;1H/q+1;/p-1. The molecule has 0 aromatic carbocycles. The lowest BCUT2D eigenvalue weighted by molar-refractivity contribution is -0.671.